The van der Waals surface area contributed by atoms with E-state index in [1.165, 1.54) is 0 Å². The Morgan fingerprint density at radius 2 is 2.00 bits per heavy atom. The minimum atomic E-state index is -3.64. The van der Waals surface area contributed by atoms with Gasteiger partial charge in [0.1, 0.15) is 4.90 Å². The van der Waals surface area contributed by atoms with Gasteiger partial charge in [0.15, 0.2) is 0 Å². The summed E-state index contributed by atoms with van der Waals surface area (Å²) in [5.74, 6) is -0.859. The zero-order valence-electron chi connectivity index (χ0n) is 15.3. The largest absolute Gasteiger partial charge is 0.480 e. The van der Waals surface area contributed by atoms with Crippen molar-refractivity contribution in [3.8, 4) is 0 Å². The fraction of sp³-hybridized carbons (Fsp3) is 0.500. The standard InChI is InChI=1S/C18H25N3O4S/c1-4-21(11-17(22)23)14-9-13(10-14)19-26(24,25)18-12(2)20(3)16-8-6-5-7-15(16)18/h5-8,13-14,19H,4,9-11H2,1-3H3,(H,22,23). The average molecular weight is 379 g/mol. The van der Waals surface area contributed by atoms with E-state index in [1.54, 1.807) is 0 Å². The van der Waals surface area contributed by atoms with E-state index in [-0.39, 0.29) is 18.6 Å². The number of rotatable bonds is 7. The number of aliphatic carboxylic acids is 1. The molecule has 1 aliphatic rings. The molecule has 0 unspecified atom stereocenters. The first-order chi connectivity index (χ1) is 12.2. The SMILES string of the molecule is CCN(CC(=O)O)C1CC(NS(=O)(=O)c2c(C)n(C)c3ccccc23)C1. The number of carboxylic acids is 1. The second kappa shape index (κ2) is 7.02. The Hall–Kier alpha value is -1.90. The molecule has 1 fully saturated rings. The smallest absolute Gasteiger partial charge is 0.317 e. The number of likely N-dealkylation sites (N-methyl/N-ethyl adjacent to an activating group) is 1. The molecule has 3 rings (SSSR count). The van der Waals surface area contributed by atoms with Crippen molar-refractivity contribution >= 4 is 26.9 Å². The third-order valence-corrected chi connectivity index (χ3v) is 7.00. The molecule has 2 N–H and O–H groups in total. The third-order valence-electron chi connectivity index (χ3n) is 5.31. The molecule has 0 saturated heterocycles. The van der Waals surface area contributed by atoms with Gasteiger partial charge in [-0.15, -0.1) is 0 Å². The van der Waals surface area contributed by atoms with E-state index in [9.17, 15) is 13.2 Å². The predicted molar refractivity (Wildman–Crippen MR) is 99.7 cm³/mol. The van der Waals surface area contributed by atoms with Crippen molar-refractivity contribution in [2.45, 2.75) is 43.7 Å². The lowest BCUT2D eigenvalue weighted by molar-refractivity contribution is -0.139. The van der Waals surface area contributed by atoms with E-state index in [0.717, 1.165) is 10.9 Å². The molecule has 1 aromatic heterocycles. The molecule has 0 amide bonds. The summed E-state index contributed by atoms with van der Waals surface area (Å²) in [6, 6.07) is 7.41. The molecule has 0 radical (unpaired) electrons. The van der Waals surface area contributed by atoms with E-state index in [4.69, 9.17) is 5.11 Å². The maximum Gasteiger partial charge on any atom is 0.317 e. The van der Waals surface area contributed by atoms with E-state index < -0.39 is 16.0 Å². The summed E-state index contributed by atoms with van der Waals surface area (Å²) >= 11 is 0. The van der Waals surface area contributed by atoms with Crippen molar-refractivity contribution in [2.75, 3.05) is 13.1 Å². The van der Waals surface area contributed by atoms with Gasteiger partial charge in [0.05, 0.1) is 6.54 Å². The Bertz CT molecular complexity index is 929. The molecule has 0 bridgehead atoms. The number of para-hydroxylation sites is 1. The molecule has 1 aromatic carbocycles. The lowest BCUT2D eigenvalue weighted by Crippen LogP contribution is -2.54. The van der Waals surface area contributed by atoms with Crippen molar-refractivity contribution in [1.82, 2.24) is 14.2 Å². The van der Waals surface area contributed by atoms with Gasteiger partial charge >= 0.3 is 5.97 Å². The first-order valence-electron chi connectivity index (χ1n) is 8.76. The number of fused-ring (bicyclic) bond motifs is 1. The van der Waals surface area contributed by atoms with Gasteiger partial charge in [-0.25, -0.2) is 13.1 Å². The summed E-state index contributed by atoms with van der Waals surface area (Å²) in [5.41, 5.74) is 1.59. The molecule has 7 nitrogen and oxygen atoms in total. The molecule has 0 atom stereocenters. The van der Waals surface area contributed by atoms with Crippen molar-refractivity contribution in [1.29, 1.82) is 0 Å². The van der Waals surface area contributed by atoms with Gasteiger partial charge in [0, 0.05) is 35.7 Å². The van der Waals surface area contributed by atoms with Gasteiger partial charge in [-0.1, -0.05) is 25.1 Å². The molecule has 0 aliphatic heterocycles. The zero-order valence-corrected chi connectivity index (χ0v) is 16.1. The normalized spacial score (nSPS) is 20.5. The number of hydrogen-bond acceptors (Lipinski definition) is 4. The number of aromatic nitrogens is 1. The second-order valence-electron chi connectivity index (χ2n) is 6.89. The van der Waals surface area contributed by atoms with Crippen LogP contribution in [0.1, 0.15) is 25.5 Å². The van der Waals surface area contributed by atoms with Crippen LogP contribution in [0, 0.1) is 6.92 Å². The predicted octanol–water partition coefficient (Wildman–Crippen LogP) is 1.70. The number of hydrogen-bond donors (Lipinski definition) is 2. The van der Waals surface area contributed by atoms with E-state index in [1.807, 2.05) is 54.6 Å². The highest BCUT2D eigenvalue weighted by molar-refractivity contribution is 7.89. The highest BCUT2D eigenvalue weighted by atomic mass is 32.2. The van der Waals surface area contributed by atoms with Gasteiger partial charge in [0.25, 0.3) is 0 Å². The Morgan fingerprint density at radius 3 is 2.62 bits per heavy atom. The molecule has 1 saturated carbocycles. The summed E-state index contributed by atoms with van der Waals surface area (Å²) < 4.78 is 30.6. The van der Waals surface area contributed by atoms with Gasteiger partial charge in [-0.2, -0.15) is 0 Å². The summed E-state index contributed by atoms with van der Waals surface area (Å²) in [5, 5.41) is 9.68. The van der Waals surface area contributed by atoms with Crippen LogP contribution >= 0.6 is 0 Å². The minimum absolute atomic E-state index is 0.0108. The Balaban J connectivity index is 1.76. The number of sulfonamides is 1. The van der Waals surface area contributed by atoms with Crippen LogP contribution in [0.5, 0.6) is 0 Å². The highest BCUT2D eigenvalue weighted by Gasteiger charge is 2.37. The van der Waals surface area contributed by atoms with Gasteiger partial charge in [0.2, 0.25) is 10.0 Å². The van der Waals surface area contributed by atoms with Gasteiger partial charge in [-0.05, 0) is 32.4 Å². The van der Waals surface area contributed by atoms with Crippen LogP contribution in [0.2, 0.25) is 0 Å². The fourth-order valence-electron chi connectivity index (χ4n) is 3.76. The molecule has 0 spiro atoms. The number of nitrogens with zero attached hydrogens (tertiary/aromatic N) is 2. The summed E-state index contributed by atoms with van der Waals surface area (Å²) in [7, 11) is -1.78. The molecular formula is C18H25N3O4S. The highest BCUT2D eigenvalue weighted by Crippen LogP contribution is 2.31. The molecule has 26 heavy (non-hydrogen) atoms. The Labute approximate surface area is 153 Å². The quantitative estimate of drug-likeness (QED) is 0.764. The lowest BCUT2D eigenvalue weighted by atomic mass is 9.86. The number of carbonyl (C=O) groups is 1. The minimum Gasteiger partial charge on any atom is -0.480 e. The van der Waals surface area contributed by atoms with Crippen LogP contribution < -0.4 is 4.72 Å². The summed E-state index contributed by atoms with van der Waals surface area (Å²) in [6.07, 6.45) is 1.26. The van der Waals surface area contributed by atoms with Crippen LogP contribution in [-0.4, -0.2) is 54.1 Å². The molecular weight excluding hydrogens is 354 g/mol. The third kappa shape index (κ3) is 3.36. The Morgan fingerprint density at radius 1 is 1.35 bits per heavy atom. The number of carboxylic acid groups (broad SMARTS) is 1. The van der Waals surface area contributed by atoms with Crippen molar-refractivity contribution < 1.29 is 18.3 Å². The zero-order chi connectivity index (χ0) is 19.1. The number of nitrogens with one attached hydrogen (secondary N) is 1. The van der Waals surface area contributed by atoms with Crippen molar-refractivity contribution in [2.24, 2.45) is 7.05 Å². The van der Waals surface area contributed by atoms with Crippen molar-refractivity contribution in [3.05, 3.63) is 30.0 Å². The van der Waals surface area contributed by atoms with Crippen molar-refractivity contribution in [3.63, 3.8) is 0 Å². The van der Waals surface area contributed by atoms with E-state index in [2.05, 4.69) is 4.72 Å². The van der Waals surface area contributed by atoms with Crippen LogP contribution in [-0.2, 0) is 21.9 Å². The summed E-state index contributed by atoms with van der Waals surface area (Å²) in [6.45, 7) is 4.35. The van der Waals surface area contributed by atoms with Crippen LogP contribution in [0.4, 0.5) is 0 Å². The number of benzene rings is 1. The fourth-order valence-corrected chi connectivity index (χ4v) is 5.50. The van der Waals surface area contributed by atoms with Crippen LogP contribution in [0.25, 0.3) is 10.9 Å². The monoisotopic (exact) mass is 379 g/mol. The molecule has 142 valence electrons. The Kier molecular flexibility index (Phi) is 5.09. The van der Waals surface area contributed by atoms with Gasteiger partial charge in [-0.3, -0.25) is 9.69 Å². The lowest BCUT2D eigenvalue weighted by Gasteiger charge is -2.42. The maximum atomic E-state index is 13.0. The van der Waals surface area contributed by atoms with Crippen LogP contribution in [0.15, 0.2) is 29.2 Å². The van der Waals surface area contributed by atoms with E-state index in [0.29, 0.717) is 30.0 Å². The van der Waals surface area contributed by atoms with Crippen LogP contribution in [0.3, 0.4) is 0 Å². The maximum absolute atomic E-state index is 13.0. The molecule has 1 aliphatic carbocycles. The molecule has 8 heteroatoms. The first-order valence-corrected chi connectivity index (χ1v) is 10.2. The second-order valence-corrected chi connectivity index (χ2v) is 8.54. The van der Waals surface area contributed by atoms with E-state index >= 15 is 0 Å². The average Bonchev–Trinajstić information content (AvgIpc) is 2.81. The first kappa shape index (κ1) is 18.9. The topological polar surface area (TPSA) is 91.6 Å². The molecule has 1 heterocycles. The molecule has 2 aromatic rings. The number of aryl methyl sites for hydroxylation is 1. The summed E-state index contributed by atoms with van der Waals surface area (Å²) in [4.78, 5) is 13.1. The van der Waals surface area contributed by atoms with Gasteiger partial charge < -0.3 is 9.67 Å².